The van der Waals surface area contributed by atoms with Crippen molar-refractivity contribution in [3.8, 4) is 0 Å². The van der Waals surface area contributed by atoms with E-state index in [1.165, 1.54) is 0 Å². The molecule has 0 aliphatic rings. The molecule has 0 amide bonds. The van der Waals surface area contributed by atoms with Gasteiger partial charge in [-0.3, -0.25) is 5.41 Å². The van der Waals surface area contributed by atoms with E-state index in [9.17, 15) is 0 Å². The Hall–Kier alpha value is -1.52. The Morgan fingerprint density at radius 3 is 2.86 bits per heavy atom. The van der Waals surface area contributed by atoms with Gasteiger partial charge in [-0.15, -0.1) is 0 Å². The highest BCUT2D eigenvalue weighted by Crippen LogP contribution is 2.12. The molecule has 0 fully saturated rings. The molecule has 78 valence electrons. The van der Waals surface area contributed by atoms with Gasteiger partial charge in [0.25, 0.3) is 0 Å². The van der Waals surface area contributed by atoms with E-state index < -0.39 is 0 Å². The number of anilines is 1. The Bertz CT molecular complexity index is 317. The van der Waals surface area contributed by atoms with Crippen molar-refractivity contribution in [1.82, 2.24) is 9.55 Å². The van der Waals surface area contributed by atoms with Gasteiger partial charge in [-0.05, 0) is 6.92 Å². The highest BCUT2D eigenvalue weighted by atomic mass is 15.3. The number of amidine groups is 1. The second kappa shape index (κ2) is 4.13. The molecular weight excluding hydrogens is 178 g/mol. The molecule has 1 unspecified atom stereocenters. The second-order valence-electron chi connectivity index (χ2n) is 3.53. The van der Waals surface area contributed by atoms with Crippen LogP contribution in [0, 0.1) is 5.41 Å². The Labute approximate surface area is 84.0 Å². The molecule has 1 aromatic heterocycles. The lowest BCUT2D eigenvalue weighted by Crippen LogP contribution is -2.34. The zero-order valence-corrected chi connectivity index (χ0v) is 8.86. The molecule has 1 atom stereocenters. The molecule has 0 aliphatic carbocycles. The van der Waals surface area contributed by atoms with Gasteiger partial charge in [-0.25, -0.2) is 4.98 Å². The number of nitrogens with one attached hydrogen (secondary N) is 1. The van der Waals surface area contributed by atoms with Gasteiger partial charge in [0.05, 0.1) is 5.84 Å². The van der Waals surface area contributed by atoms with Gasteiger partial charge in [0.15, 0.2) is 0 Å². The van der Waals surface area contributed by atoms with Crippen LogP contribution >= 0.6 is 0 Å². The SMILES string of the molecule is CC(CC(=N)N)N(C)c1nccn1C. The monoisotopic (exact) mass is 195 g/mol. The van der Waals surface area contributed by atoms with Crippen LogP contribution in [-0.2, 0) is 7.05 Å². The maximum atomic E-state index is 7.22. The third-order valence-corrected chi connectivity index (χ3v) is 2.29. The summed E-state index contributed by atoms with van der Waals surface area (Å²) in [4.78, 5) is 6.24. The predicted molar refractivity (Wildman–Crippen MR) is 57.6 cm³/mol. The summed E-state index contributed by atoms with van der Waals surface area (Å²) >= 11 is 0. The van der Waals surface area contributed by atoms with Crippen LogP contribution in [0.25, 0.3) is 0 Å². The van der Waals surface area contributed by atoms with E-state index >= 15 is 0 Å². The first-order valence-electron chi connectivity index (χ1n) is 4.55. The van der Waals surface area contributed by atoms with Gasteiger partial charge in [-0.2, -0.15) is 0 Å². The van der Waals surface area contributed by atoms with Crippen molar-refractivity contribution in [3.05, 3.63) is 12.4 Å². The van der Waals surface area contributed by atoms with Crippen molar-refractivity contribution in [2.24, 2.45) is 12.8 Å². The average Bonchev–Trinajstić information content (AvgIpc) is 2.48. The summed E-state index contributed by atoms with van der Waals surface area (Å²) in [5.41, 5.74) is 5.35. The maximum Gasteiger partial charge on any atom is 0.205 e. The molecule has 0 aromatic carbocycles. The van der Waals surface area contributed by atoms with Crippen LogP contribution < -0.4 is 10.6 Å². The van der Waals surface area contributed by atoms with E-state index in [1.54, 1.807) is 6.20 Å². The van der Waals surface area contributed by atoms with E-state index in [0.717, 1.165) is 5.95 Å². The maximum absolute atomic E-state index is 7.22. The van der Waals surface area contributed by atoms with Gasteiger partial charge in [0, 0.05) is 39.0 Å². The first-order valence-corrected chi connectivity index (χ1v) is 4.55. The Morgan fingerprint density at radius 2 is 2.43 bits per heavy atom. The molecule has 0 aliphatic heterocycles. The summed E-state index contributed by atoms with van der Waals surface area (Å²) in [6.45, 7) is 2.02. The molecular formula is C9H17N5. The lowest BCUT2D eigenvalue weighted by molar-refractivity contribution is 0.673. The summed E-state index contributed by atoms with van der Waals surface area (Å²) in [5.74, 6) is 1.09. The number of nitrogens with zero attached hydrogens (tertiary/aromatic N) is 3. The summed E-state index contributed by atoms with van der Waals surface area (Å²) in [6.07, 6.45) is 4.21. The lowest BCUT2D eigenvalue weighted by Gasteiger charge is -2.25. The van der Waals surface area contributed by atoms with Crippen molar-refractivity contribution in [1.29, 1.82) is 5.41 Å². The number of aromatic nitrogens is 2. The fraction of sp³-hybridized carbons (Fsp3) is 0.556. The third kappa shape index (κ3) is 2.25. The number of aryl methyl sites for hydroxylation is 1. The van der Waals surface area contributed by atoms with Gasteiger partial charge in [0.2, 0.25) is 5.95 Å². The molecule has 14 heavy (non-hydrogen) atoms. The summed E-state index contributed by atoms with van der Waals surface area (Å²) in [7, 11) is 3.90. The van der Waals surface area contributed by atoms with Crippen molar-refractivity contribution >= 4 is 11.8 Å². The van der Waals surface area contributed by atoms with Crippen LogP contribution in [0.1, 0.15) is 13.3 Å². The van der Waals surface area contributed by atoms with Crippen molar-refractivity contribution in [3.63, 3.8) is 0 Å². The standard InChI is InChI=1S/C9H17N5/c1-7(6-8(10)11)14(3)9-12-4-5-13(9)2/h4-5,7H,6H2,1-3H3,(H3,10,11). The van der Waals surface area contributed by atoms with Crippen LogP contribution in [0.3, 0.4) is 0 Å². The minimum atomic E-state index is 0.189. The average molecular weight is 195 g/mol. The first-order chi connectivity index (χ1) is 6.52. The van der Waals surface area contributed by atoms with Crippen LogP contribution in [0.15, 0.2) is 12.4 Å². The summed E-state index contributed by atoms with van der Waals surface area (Å²) in [5, 5.41) is 7.22. The van der Waals surface area contributed by atoms with Gasteiger partial charge in [-0.1, -0.05) is 0 Å². The molecule has 1 rings (SSSR count). The van der Waals surface area contributed by atoms with Gasteiger partial charge in [0.1, 0.15) is 0 Å². The van der Waals surface area contributed by atoms with Gasteiger partial charge >= 0.3 is 0 Å². The van der Waals surface area contributed by atoms with E-state index in [0.29, 0.717) is 6.42 Å². The highest BCUT2D eigenvalue weighted by Gasteiger charge is 2.13. The Morgan fingerprint density at radius 1 is 1.79 bits per heavy atom. The molecule has 0 saturated carbocycles. The zero-order chi connectivity index (χ0) is 10.7. The minimum Gasteiger partial charge on any atom is -0.388 e. The highest BCUT2D eigenvalue weighted by molar-refractivity contribution is 5.77. The molecule has 0 bridgehead atoms. The molecule has 1 aromatic rings. The van der Waals surface area contributed by atoms with Crippen molar-refractivity contribution in [2.75, 3.05) is 11.9 Å². The molecule has 3 N–H and O–H groups in total. The molecule has 0 spiro atoms. The fourth-order valence-electron chi connectivity index (χ4n) is 1.35. The van der Waals surface area contributed by atoms with Crippen molar-refractivity contribution < 1.29 is 0 Å². The number of rotatable bonds is 4. The number of hydrogen-bond donors (Lipinski definition) is 2. The van der Waals surface area contributed by atoms with E-state index in [2.05, 4.69) is 4.98 Å². The number of hydrogen-bond acceptors (Lipinski definition) is 3. The summed E-state index contributed by atoms with van der Waals surface area (Å²) < 4.78 is 1.94. The van der Waals surface area contributed by atoms with Crippen LogP contribution in [-0.4, -0.2) is 28.5 Å². The van der Waals surface area contributed by atoms with E-state index in [1.807, 2.05) is 36.7 Å². The normalized spacial score (nSPS) is 12.5. The number of nitrogens with two attached hydrogens (primary N) is 1. The van der Waals surface area contributed by atoms with Crippen LogP contribution in [0.4, 0.5) is 5.95 Å². The van der Waals surface area contributed by atoms with Crippen molar-refractivity contribution in [2.45, 2.75) is 19.4 Å². The molecule has 5 heteroatoms. The molecule has 1 heterocycles. The second-order valence-corrected chi connectivity index (χ2v) is 3.53. The number of imidazole rings is 1. The van der Waals surface area contributed by atoms with Crippen LogP contribution in [0.2, 0.25) is 0 Å². The zero-order valence-electron chi connectivity index (χ0n) is 8.86. The molecule has 0 saturated heterocycles. The predicted octanol–water partition coefficient (Wildman–Crippen LogP) is 0.571. The van der Waals surface area contributed by atoms with E-state index in [4.69, 9.17) is 11.1 Å². The quantitative estimate of drug-likeness (QED) is 0.545. The Kier molecular flexibility index (Phi) is 3.11. The van der Waals surface area contributed by atoms with E-state index in [-0.39, 0.29) is 11.9 Å². The molecule has 0 radical (unpaired) electrons. The largest absolute Gasteiger partial charge is 0.388 e. The van der Waals surface area contributed by atoms with Crippen LogP contribution in [0.5, 0.6) is 0 Å². The smallest absolute Gasteiger partial charge is 0.205 e. The van der Waals surface area contributed by atoms with Gasteiger partial charge < -0.3 is 15.2 Å². The topological polar surface area (TPSA) is 70.9 Å². The minimum absolute atomic E-state index is 0.189. The third-order valence-electron chi connectivity index (χ3n) is 2.29. The lowest BCUT2D eigenvalue weighted by atomic mass is 10.2. The molecule has 5 nitrogen and oxygen atoms in total. The Balaban J connectivity index is 2.70. The summed E-state index contributed by atoms with van der Waals surface area (Å²) in [6, 6.07) is 0.189. The fourth-order valence-corrected chi connectivity index (χ4v) is 1.35. The first kappa shape index (κ1) is 10.6.